The Hall–Kier alpha value is -1.83. The summed E-state index contributed by atoms with van der Waals surface area (Å²) in [4.78, 5) is 35.6. The number of nitrogens with one attached hydrogen (secondary N) is 1. The van der Waals surface area contributed by atoms with E-state index in [1.807, 2.05) is 6.92 Å². The fraction of sp³-hybridized carbons (Fsp3) is 0.750. The summed E-state index contributed by atoms with van der Waals surface area (Å²) in [6.45, 7) is 3.26. The molecule has 1 aliphatic heterocycles. The van der Waals surface area contributed by atoms with Crippen molar-refractivity contribution in [1.82, 2.24) is 10.2 Å². The number of amides is 3. The van der Waals surface area contributed by atoms with Gasteiger partial charge in [-0.1, -0.05) is 0 Å². The van der Waals surface area contributed by atoms with Crippen LogP contribution in [0.2, 0.25) is 0 Å². The Bertz CT molecular complexity index is 399. The van der Waals surface area contributed by atoms with E-state index in [4.69, 9.17) is 10.8 Å². The lowest BCUT2D eigenvalue weighted by Crippen LogP contribution is -2.57. The van der Waals surface area contributed by atoms with Gasteiger partial charge in [-0.2, -0.15) is 0 Å². The summed E-state index contributed by atoms with van der Waals surface area (Å²) in [5.41, 5.74) is 5.24. The SMILES string of the molecule is CC(O)C(NC(=O)N1CC(C(N)=O)CCC1C)C(=O)O. The number of hydrogen-bond acceptors (Lipinski definition) is 4. The molecule has 3 amide bonds. The van der Waals surface area contributed by atoms with Crippen molar-refractivity contribution in [3.8, 4) is 0 Å². The highest BCUT2D eigenvalue weighted by Crippen LogP contribution is 2.21. The highest BCUT2D eigenvalue weighted by atomic mass is 16.4. The molecule has 4 unspecified atom stereocenters. The first-order chi connectivity index (χ1) is 9.23. The van der Waals surface area contributed by atoms with Gasteiger partial charge in [0.1, 0.15) is 0 Å². The molecule has 0 spiro atoms. The third-order valence-corrected chi connectivity index (χ3v) is 3.57. The number of likely N-dealkylation sites (tertiary alicyclic amines) is 1. The molecule has 5 N–H and O–H groups in total. The lowest BCUT2D eigenvalue weighted by Gasteiger charge is -2.37. The van der Waals surface area contributed by atoms with Gasteiger partial charge < -0.3 is 26.2 Å². The molecule has 1 fully saturated rings. The Labute approximate surface area is 116 Å². The molecule has 0 aromatic carbocycles. The number of urea groups is 1. The number of rotatable bonds is 4. The zero-order valence-electron chi connectivity index (χ0n) is 11.6. The molecule has 1 heterocycles. The second-order valence-electron chi connectivity index (χ2n) is 5.18. The number of carboxylic acids is 1. The second kappa shape index (κ2) is 6.56. The van der Waals surface area contributed by atoms with Gasteiger partial charge >= 0.3 is 12.0 Å². The molecule has 0 aromatic rings. The Kier molecular flexibility index (Phi) is 5.32. The number of hydrogen-bond donors (Lipinski definition) is 4. The zero-order valence-corrected chi connectivity index (χ0v) is 11.6. The lowest BCUT2D eigenvalue weighted by molar-refractivity contribution is -0.142. The van der Waals surface area contributed by atoms with Crippen LogP contribution < -0.4 is 11.1 Å². The Morgan fingerprint density at radius 3 is 2.40 bits per heavy atom. The molecule has 1 aliphatic rings. The lowest BCUT2D eigenvalue weighted by atomic mass is 9.93. The average molecular weight is 287 g/mol. The van der Waals surface area contributed by atoms with Crippen LogP contribution in [0.15, 0.2) is 0 Å². The smallest absolute Gasteiger partial charge is 0.328 e. The quantitative estimate of drug-likeness (QED) is 0.532. The molecule has 1 saturated heterocycles. The van der Waals surface area contributed by atoms with Crippen molar-refractivity contribution in [3.05, 3.63) is 0 Å². The Balaban J connectivity index is 2.73. The summed E-state index contributed by atoms with van der Waals surface area (Å²) in [7, 11) is 0. The molecule has 1 rings (SSSR count). The topological polar surface area (TPSA) is 133 Å². The first kappa shape index (κ1) is 16.2. The second-order valence-corrected chi connectivity index (χ2v) is 5.18. The number of carboxylic acid groups (broad SMARTS) is 1. The molecule has 114 valence electrons. The highest BCUT2D eigenvalue weighted by molar-refractivity contribution is 5.84. The van der Waals surface area contributed by atoms with Gasteiger partial charge in [0, 0.05) is 12.6 Å². The van der Waals surface area contributed by atoms with Crippen LogP contribution >= 0.6 is 0 Å². The van der Waals surface area contributed by atoms with E-state index < -0.39 is 36.0 Å². The molecule has 0 aromatic heterocycles. The molecule has 0 radical (unpaired) electrons. The standard InChI is InChI=1S/C12H21N3O5/c1-6-3-4-8(10(13)17)5-15(6)12(20)14-9(7(2)16)11(18)19/h6-9,16H,3-5H2,1-2H3,(H2,13,17)(H,14,20)(H,18,19). The van der Waals surface area contributed by atoms with E-state index in [1.54, 1.807) is 0 Å². The molecule has 8 nitrogen and oxygen atoms in total. The van der Waals surface area contributed by atoms with Gasteiger partial charge in [0.15, 0.2) is 6.04 Å². The summed E-state index contributed by atoms with van der Waals surface area (Å²) >= 11 is 0. The van der Waals surface area contributed by atoms with Gasteiger partial charge in [0.05, 0.1) is 12.0 Å². The average Bonchev–Trinajstić information content (AvgIpc) is 2.34. The zero-order chi connectivity index (χ0) is 15.4. The third kappa shape index (κ3) is 3.83. The molecule has 8 heteroatoms. The first-order valence-corrected chi connectivity index (χ1v) is 6.51. The van der Waals surface area contributed by atoms with Crippen LogP contribution in [-0.2, 0) is 9.59 Å². The number of aliphatic hydroxyl groups is 1. The maximum absolute atomic E-state index is 12.1. The molecule has 0 saturated carbocycles. The van der Waals surface area contributed by atoms with Crippen LogP contribution in [0.1, 0.15) is 26.7 Å². The van der Waals surface area contributed by atoms with Crippen LogP contribution in [0, 0.1) is 5.92 Å². The van der Waals surface area contributed by atoms with Crippen molar-refractivity contribution in [2.24, 2.45) is 11.7 Å². The molecular weight excluding hydrogens is 266 g/mol. The maximum Gasteiger partial charge on any atom is 0.328 e. The number of nitrogens with two attached hydrogens (primary N) is 1. The summed E-state index contributed by atoms with van der Waals surface area (Å²) in [6, 6.07) is -2.12. The largest absolute Gasteiger partial charge is 0.480 e. The van der Waals surface area contributed by atoms with E-state index in [0.717, 1.165) is 0 Å². The number of nitrogens with zero attached hydrogens (tertiary/aromatic N) is 1. The predicted octanol–water partition coefficient (Wildman–Crippen LogP) is -0.884. The van der Waals surface area contributed by atoms with Crippen LogP contribution in [0.4, 0.5) is 4.79 Å². The fourth-order valence-electron chi connectivity index (χ4n) is 2.23. The first-order valence-electron chi connectivity index (χ1n) is 6.51. The van der Waals surface area contributed by atoms with Crippen molar-refractivity contribution >= 4 is 17.9 Å². The van der Waals surface area contributed by atoms with Crippen molar-refractivity contribution in [2.45, 2.75) is 44.9 Å². The van der Waals surface area contributed by atoms with Crippen molar-refractivity contribution in [2.75, 3.05) is 6.54 Å². The van der Waals surface area contributed by atoms with Gasteiger partial charge in [0.25, 0.3) is 0 Å². The number of aliphatic carboxylic acids is 1. The minimum atomic E-state index is -1.39. The Morgan fingerprint density at radius 1 is 1.35 bits per heavy atom. The van der Waals surface area contributed by atoms with Crippen molar-refractivity contribution in [1.29, 1.82) is 0 Å². The van der Waals surface area contributed by atoms with Crippen LogP contribution in [-0.4, -0.2) is 57.8 Å². The fourth-order valence-corrected chi connectivity index (χ4v) is 2.23. The molecule has 20 heavy (non-hydrogen) atoms. The number of carbonyl (C=O) groups is 3. The van der Waals surface area contributed by atoms with Gasteiger partial charge in [0.2, 0.25) is 5.91 Å². The van der Waals surface area contributed by atoms with E-state index in [1.165, 1.54) is 11.8 Å². The number of carbonyl (C=O) groups excluding carboxylic acids is 2. The predicted molar refractivity (Wildman–Crippen MR) is 69.7 cm³/mol. The third-order valence-electron chi connectivity index (χ3n) is 3.57. The summed E-state index contributed by atoms with van der Waals surface area (Å²) in [5.74, 6) is -2.21. The summed E-state index contributed by atoms with van der Waals surface area (Å²) < 4.78 is 0. The highest BCUT2D eigenvalue weighted by Gasteiger charge is 2.34. The molecule has 4 atom stereocenters. The van der Waals surface area contributed by atoms with E-state index in [2.05, 4.69) is 5.32 Å². The number of aliphatic hydroxyl groups excluding tert-OH is 1. The van der Waals surface area contributed by atoms with Crippen LogP contribution in [0.3, 0.4) is 0 Å². The van der Waals surface area contributed by atoms with Gasteiger partial charge in [-0.3, -0.25) is 4.79 Å². The van der Waals surface area contributed by atoms with Crippen molar-refractivity contribution < 1.29 is 24.6 Å². The normalized spacial score (nSPS) is 25.6. The molecule has 0 aliphatic carbocycles. The van der Waals surface area contributed by atoms with Crippen LogP contribution in [0.25, 0.3) is 0 Å². The van der Waals surface area contributed by atoms with E-state index in [9.17, 15) is 19.5 Å². The van der Waals surface area contributed by atoms with Crippen molar-refractivity contribution in [3.63, 3.8) is 0 Å². The van der Waals surface area contributed by atoms with E-state index in [0.29, 0.717) is 12.8 Å². The summed E-state index contributed by atoms with van der Waals surface area (Å²) in [5, 5.41) is 20.5. The van der Waals surface area contributed by atoms with E-state index in [-0.39, 0.29) is 12.6 Å². The van der Waals surface area contributed by atoms with Crippen LogP contribution in [0.5, 0.6) is 0 Å². The number of piperidine rings is 1. The summed E-state index contributed by atoms with van der Waals surface area (Å²) in [6.07, 6.45) is 0.00966. The molecule has 0 bridgehead atoms. The van der Waals surface area contributed by atoms with Gasteiger partial charge in [-0.25, -0.2) is 9.59 Å². The molecular formula is C12H21N3O5. The van der Waals surface area contributed by atoms with E-state index >= 15 is 0 Å². The monoisotopic (exact) mass is 287 g/mol. The van der Waals surface area contributed by atoms with Gasteiger partial charge in [-0.15, -0.1) is 0 Å². The van der Waals surface area contributed by atoms with Gasteiger partial charge in [-0.05, 0) is 26.7 Å². The minimum absolute atomic E-state index is 0.117. The minimum Gasteiger partial charge on any atom is -0.480 e. The maximum atomic E-state index is 12.1. The Morgan fingerprint density at radius 2 is 1.95 bits per heavy atom. The number of primary amides is 1.